The van der Waals surface area contributed by atoms with Crippen LogP contribution in [-0.4, -0.2) is 42.3 Å². The highest BCUT2D eigenvalue weighted by Crippen LogP contribution is 2.36. The molecule has 10 nitrogen and oxygen atoms in total. The quantitative estimate of drug-likeness (QED) is 0.466. The van der Waals surface area contributed by atoms with Crippen molar-refractivity contribution in [2.75, 3.05) is 33.9 Å². The second kappa shape index (κ2) is 9.43. The fourth-order valence-electron chi connectivity index (χ4n) is 3.22. The van der Waals surface area contributed by atoms with Gasteiger partial charge in [0.25, 0.3) is 10.0 Å². The lowest BCUT2D eigenvalue weighted by molar-refractivity contribution is -0.114. The van der Waals surface area contributed by atoms with Gasteiger partial charge in [-0.05, 0) is 60.7 Å². The van der Waals surface area contributed by atoms with Crippen molar-refractivity contribution in [1.29, 1.82) is 0 Å². The number of halogens is 1. The highest BCUT2D eigenvalue weighted by molar-refractivity contribution is 7.92. The summed E-state index contributed by atoms with van der Waals surface area (Å²) in [6.45, 7) is -0.506. The third-order valence-corrected chi connectivity index (χ3v) is 7.41. The van der Waals surface area contributed by atoms with Crippen molar-refractivity contribution in [2.24, 2.45) is 0 Å². The highest BCUT2D eigenvalue weighted by Gasteiger charge is 2.24. The van der Waals surface area contributed by atoms with Crippen LogP contribution in [0.15, 0.2) is 71.6 Å². The van der Waals surface area contributed by atoms with Crippen molar-refractivity contribution < 1.29 is 35.5 Å². The molecule has 13 heteroatoms. The van der Waals surface area contributed by atoms with E-state index in [1.165, 1.54) is 48.5 Å². The summed E-state index contributed by atoms with van der Waals surface area (Å²) in [5.41, 5.74) is 0.670. The number of ether oxygens (including phenoxy) is 2. The van der Waals surface area contributed by atoms with E-state index in [4.69, 9.17) is 9.47 Å². The zero-order valence-electron chi connectivity index (χ0n) is 18.3. The Morgan fingerprint density at radius 2 is 1.54 bits per heavy atom. The maximum Gasteiger partial charge on any atom is 0.261 e. The summed E-state index contributed by atoms with van der Waals surface area (Å²) >= 11 is 0. The van der Waals surface area contributed by atoms with Gasteiger partial charge < -0.3 is 14.8 Å². The Hall–Kier alpha value is -3.84. The molecule has 0 unspecified atom stereocenters. The van der Waals surface area contributed by atoms with Gasteiger partial charge in [0.2, 0.25) is 22.7 Å². The molecule has 35 heavy (non-hydrogen) atoms. The number of sulfonamides is 2. The van der Waals surface area contributed by atoms with Crippen LogP contribution in [0.5, 0.6) is 11.5 Å². The first-order valence-electron chi connectivity index (χ1n) is 10.1. The molecule has 0 aliphatic carbocycles. The fourth-order valence-corrected chi connectivity index (χ4v) is 5.13. The number of fused-ring (bicyclic) bond motifs is 1. The molecule has 0 saturated carbocycles. The summed E-state index contributed by atoms with van der Waals surface area (Å²) < 4.78 is 76.5. The second-order valence-corrected chi connectivity index (χ2v) is 11.1. The predicted octanol–water partition coefficient (Wildman–Crippen LogP) is 2.76. The number of hydrogen-bond acceptors (Lipinski definition) is 7. The Balaban J connectivity index is 1.45. The van der Waals surface area contributed by atoms with Crippen LogP contribution in [0, 0.1) is 5.82 Å². The van der Waals surface area contributed by atoms with E-state index in [-0.39, 0.29) is 28.8 Å². The van der Waals surface area contributed by atoms with Crippen molar-refractivity contribution >= 4 is 43.0 Å². The average Bonchev–Trinajstić information content (AvgIpc) is 3.26. The van der Waals surface area contributed by atoms with Gasteiger partial charge in [-0.1, -0.05) is 0 Å². The van der Waals surface area contributed by atoms with Crippen molar-refractivity contribution in [1.82, 2.24) is 0 Å². The fraction of sp³-hybridized carbons (Fsp3) is 0.136. The van der Waals surface area contributed by atoms with E-state index in [1.807, 2.05) is 0 Å². The summed E-state index contributed by atoms with van der Waals surface area (Å²) in [6.07, 6.45) is 0.971. The van der Waals surface area contributed by atoms with E-state index >= 15 is 0 Å². The van der Waals surface area contributed by atoms with Gasteiger partial charge in [-0.25, -0.2) is 21.2 Å². The van der Waals surface area contributed by atoms with Crippen LogP contribution in [0.1, 0.15) is 0 Å². The molecule has 3 aromatic rings. The Bertz CT molecular complexity index is 1460. The van der Waals surface area contributed by atoms with Crippen LogP contribution in [0.3, 0.4) is 0 Å². The molecule has 4 rings (SSSR count). The largest absolute Gasteiger partial charge is 0.454 e. The second-order valence-electron chi connectivity index (χ2n) is 7.49. The number of nitrogens with one attached hydrogen (secondary N) is 2. The summed E-state index contributed by atoms with van der Waals surface area (Å²) in [7, 11) is -7.76. The lowest BCUT2D eigenvalue weighted by atomic mass is 10.2. The normalized spacial score (nSPS) is 12.7. The van der Waals surface area contributed by atoms with E-state index in [1.54, 1.807) is 6.07 Å². The minimum absolute atomic E-state index is 0.0171. The van der Waals surface area contributed by atoms with E-state index in [0.29, 0.717) is 11.5 Å². The third-order valence-electron chi connectivity index (χ3n) is 4.88. The molecule has 1 aliphatic heterocycles. The molecule has 0 aromatic heterocycles. The number of anilines is 3. The maximum absolute atomic E-state index is 13.0. The third kappa shape index (κ3) is 5.81. The number of hydrogen-bond donors (Lipinski definition) is 2. The van der Waals surface area contributed by atoms with Crippen molar-refractivity contribution in [2.45, 2.75) is 4.90 Å². The molecule has 0 saturated heterocycles. The smallest absolute Gasteiger partial charge is 0.261 e. The van der Waals surface area contributed by atoms with Gasteiger partial charge in [-0.15, -0.1) is 0 Å². The average molecular weight is 522 g/mol. The van der Waals surface area contributed by atoms with Gasteiger partial charge in [0, 0.05) is 17.4 Å². The lowest BCUT2D eigenvalue weighted by Crippen LogP contribution is -2.37. The van der Waals surface area contributed by atoms with Crippen LogP contribution in [0.2, 0.25) is 0 Å². The van der Waals surface area contributed by atoms with Crippen LogP contribution < -0.4 is 23.8 Å². The molecule has 0 radical (unpaired) electrons. The van der Waals surface area contributed by atoms with Crippen LogP contribution >= 0.6 is 0 Å². The number of nitrogens with zero attached hydrogens (tertiary/aromatic N) is 1. The molecule has 1 aliphatic rings. The molecule has 0 spiro atoms. The van der Waals surface area contributed by atoms with Crippen LogP contribution in [-0.2, 0) is 24.8 Å². The molecule has 1 amide bonds. The van der Waals surface area contributed by atoms with E-state index in [2.05, 4.69) is 10.0 Å². The van der Waals surface area contributed by atoms with Gasteiger partial charge in [-0.3, -0.25) is 13.8 Å². The van der Waals surface area contributed by atoms with Crippen LogP contribution in [0.25, 0.3) is 0 Å². The van der Waals surface area contributed by atoms with Gasteiger partial charge in [0.15, 0.2) is 11.5 Å². The van der Waals surface area contributed by atoms with Crippen molar-refractivity contribution in [3.05, 3.63) is 72.5 Å². The predicted molar refractivity (Wildman–Crippen MR) is 127 cm³/mol. The standard InChI is InChI=1S/C22H20FN3O7S2/c1-34(28,29)26(18-8-11-20-21(12-18)33-14-32-20)13-22(27)24-16-6-9-19(10-7-16)35(30,31)25-17-4-2-15(23)3-5-17/h2-12,25H,13-14H2,1H3,(H,24,27). The number of carbonyl (C=O) groups is 1. The lowest BCUT2D eigenvalue weighted by Gasteiger charge is -2.22. The summed E-state index contributed by atoms with van der Waals surface area (Å²) in [5.74, 6) is -0.313. The van der Waals surface area contributed by atoms with Gasteiger partial charge in [0.1, 0.15) is 12.4 Å². The first kappa shape index (κ1) is 24.3. The summed E-state index contributed by atoms with van der Waals surface area (Å²) in [6, 6.07) is 14.6. The van der Waals surface area contributed by atoms with Crippen molar-refractivity contribution in [3.8, 4) is 11.5 Å². The minimum atomic E-state index is -3.95. The SMILES string of the molecule is CS(=O)(=O)N(CC(=O)Nc1ccc(S(=O)(=O)Nc2ccc(F)cc2)cc1)c1ccc2c(c1)OCO2. The highest BCUT2D eigenvalue weighted by atomic mass is 32.2. The summed E-state index contributed by atoms with van der Waals surface area (Å²) in [4.78, 5) is 12.5. The zero-order chi connectivity index (χ0) is 25.2. The number of carbonyl (C=O) groups excluding carboxylic acids is 1. The number of rotatable bonds is 8. The Morgan fingerprint density at radius 3 is 2.20 bits per heavy atom. The van der Waals surface area contributed by atoms with E-state index in [9.17, 15) is 26.0 Å². The Morgan fingerprint density at radius 1 is 0.914 bits per heavy atom. The molecule has 0 atom stereocenters. The Labute approximate surface area is 201 Å². The minimum Gasteiger partial charge on any atom is -0.454 e. The molecule has 1 heterocycles. The van der Waals surface area contributed by atoms with E-state index < -0.39 is 38.3 Å². The monoisotopic (exact) mass is 521 g/mol. The van der Waals surface area contributed by atoms with Gasteiger partial charge in [-0.2, -0.15) is 0 Å². The molecular formula is C22H20FN3O7S2. The molecule has 2 N–H and O–H groups in total. The first-order chi connectivity index (χ1) is 16.5. The van der Waals surface area contributed by atoms with Gasteiger partial charge in [0.05, 0.1) is 16.8 Å². The number of benzene rings is 3. The Kier molecular flexibility index (Phi) is 6.54. The van der Waals surface area contributed by atoms with Gasteiger partial charge >= 0.3 is 0 Å². The molecule has 184 valence electrons. The first-order valence-corrected chi connectivity index (χ1v) is 13.4. The maximum atomic E-state index is 13.0. The topological polar surface area (TPSA) is 131 Å². The molecule has 0 bridgehead atoms. The zero-order valence-corrected chi connectivity index (χ0v) is 19.9. The van der Waals surface area contributed by atoms with Crippen LogP contribution in [0.4, 0.5) is 21.5 Å². The molecular weight excluding hydrogens is 501 g/mol. The van der Waals surface area contributed by atoms with E-state index in [0.717, 1.165) is 22.7 Å². The number of amides is 1. The summed E-state index contributed by atoms with van der Waals surface area (Å²) in [5, 5.41) is 2.54. The molecule has 0 fully saturated rings. The molecule has 3 aromatic carbocycles. The van der Waals surface area contributed by atoms with Crippen molar-refractivity contribution in [3.63, 3.8) is 0 Å².